The number of rotatable bonds is 9. The first-order valence-electron chi connectivity index (χ1n) is 11.3. The quantitative estimate of drug-likeness (QED) is 0.560. The predicted octanol–water partition coefficient (Wildman–Crippen LogP) is 4.90. The van der Waals surface area contributed by atoms with Crippen molar-refractivity contribution in [2.45, 2.75) is 29.9 Å². The van der Waals surface area contributed by atoms with E-state index in [0.717, 1.165) is 30.2 Å². The average molecular weight is 473 g/mol. The third-order valence-corrected chi connectivity index (χ3v) is 8.94. The molecule has 1 N–H and O–H groups in total. The van der Waals surface area contributed by atoms with Crippen LogP contribution in [0.2, 0.25) is 0 Å². The topological polar surface area (TPSA) is 50.8 Å². The number of amides is 1. The maximum atomic E-state index is 12.5. The molecule has 32 heavy (non-hydrogen) atoms. The van der Waals surface area contributed by atoms with Crippen molar-refractivity contribution in [2.75, 3.05) is 44.9 Å². The van der Waals surface area contributed by atoms with Crippen molar-refractivity contribution in [3.05, 3.63) is 59.7 Å². The standard InChI is InChI=1S/C25H32N2O3S2/c1-29-23-8-3-2-7-21(23)22(27-13-4-5-14-27)17-26-24(28)18-30-20-11-9-19(10-12-20)25-31-15-6-16-32-25/h2-3,7-12,22,25H,4-6,13-18H2,1H3,(H,26,28)/t22-/m1/s1. The third kappa shape index (κ3) is 6.15. The Morgan fingerprint density at radius 1 is 1.06 bits per heavy atom. The molecule has 2 fully saturated rings. The van der Waals surface area contributed by atoms with Gasteiger partial charge in [0.05, 0.1) is 17.7 Å². The number of carbonyl (C=O) groups excluding carboxylic acids is 1. The highest BCUT2D eigenvalue weighted by molar-refractivity contribution is 8.16. The van der Waals surface area contributed by atoms with Crippen molar-refractivity contribution >= 4 is 29.4 Å². The maximum absolute atomic E-state index is 12.5. The lowest BCUT2D eigenvalue weighted by molar-refractivity contribution is -0.123. The van der Waals surface area contributed by atoms with Gasteiger partial charge in [0.25, 0.3) is 5.91 Å². The molecule has 4 rings (SSSR count). The average Bonchev–Trinajstić information content (AvgIpc) is 3.39. The molecule has 0 spiro atoms. The highest BCUT2D eigenvalue weighted by atomic mass is 32.2. The summed E-state index contributed by atoms with van der Waals surface area (Å²) < 4.78 is 11.9. The molecule has 172 valence electrons. The Kier molecular flexibility index (Phi) is 8.65. The largest absolute Gasteiger partial charge is 0.496 e. The Bertz CT molecular complexity index is 866. The van der Waals surface area contributed by atoms with Gasteiger partial charge in [-0.25, -0.2) is 0 Å². The number of carbonyl (C=O) groups is 1. The van der Waals surface area contributed by atoms with E-state index in [2.05, 4.69) is 28.4 Å². The van der Waals surface area contributed by atoms with Crippen molar-refractivity contribution in [3.8, 4) is 11.5 Å². The van der Waals surface area contributed by atoms with Crippen LogP contribution in [0.25, 0.3) is 0 Å². The first kappa shape index (κ1) is 23.3. The third-order valence-electron chi connectivity index (χ3n) is 5.92. The number of benzene rings is 2. The SMILES string of the molecule is COc1ccccc1[C@@H](CNC(=O)COc1ccc(C2SCCCS2)cc1)N1CCCC1. The van der Waals surface area contributed by atoms with Crippen LogP contribution >= 0.6 is 23.5 Å². The van der Waals surface area contributed by atoms with Crippen LogP contribution in [0.4, 0.5) is 0 Å². The molecule has 0 radical (unpaired) electrons. The van der Waals surface area contributed by atoms with Crippen LogP contribution in [0.5, 0.6) is 11.5 Å². The molecule has 2 aliphatic rings. The number of likely N-dealkylation sites (tertiary alicyclic amines) is 1. The van der Waals surface area contributed by atoms with E-state index in [4.69, 9.17) is 9.47 Å². The molecule has 2 heterocycles. The van der Waals surface area contributed by atoms with Gasteiger partial charge >= 0.3 is 0 Å². The van der Waals surface area contributed by atoms with Crippen LogP contribution in [0.3, 0.4) is 0 Å². The van der Waals surface area contributed by atoms with Crippen molar-refractivity contribution in [1.29, 1.82) is 0 Å². The van der Waals surface area contributed by atoms with Crippen LogP contribution in [0.1, 0.15) is 41.0 Å². The number of thioether (sulfide) groups is 2. The number of nitrogens with one attached hydrogen (secondary N) is 1. The number of methoxy groups -OCH3 is 1. The highest BCUT2D eigenvalue weighted by Crippen LogP contribution is 2.43. The zero-order valence-corrected chi connectivity index (χ0v) is 20.3. The number of nitrogens with zero attached hydrogens (tertiary/aromatic N) is 1. The van der Waals surface area contributed by atoms with E-state index >= 15 is 0 Å². The first-order chi connectivity index (χ1) is 15.7. The second-order valence-electron chi connectivity index (χ2n) is 8.09. The second-order valence-corrected chi connectivity index (χ2v) is 10.8. The van der Waals surface area contributed by atoms with E-state index in [9.17, 15) is 4.79 Å². The molecule has 0 aliphatic carbocycles. The fourth-order valence-electron chi connectivity index (χ4n) is 4.24. The Balaban J connectivity index is 1.30. The number of ether oxygens (including phenoxy) is 2. The summed E-state index contributed by atoms with van der Waals surface area (Å²) in [7, 11) is 1.70. The molecule has 1 amide bonds. The summed E-state index contributed by atoms with van der Waals surface area (Å²) in [6.45, 7) is 2.64. The van der Waals surface area contributed by atoms with Crippen molar-refractivity contribution in [2.24, 2.45) is 0 Å². The smallest absolute Gasteiger partial charge is 0.258 e. The molecule has 0 bridgehead atoms. The van der Waals surface area contributed by atoms with E-state index < -0.39 is 0 Å². The Hall–Kier alpha value is -1.83. The van der Waals surface area contributed by atoms with Crippen LogP contribution in [-0.4, -0.2) is 55.7 Å². The van der Waals surface area contributed by atoms with E-state index in [1.54, 1.807) is 7.11 Å². The van der Waals surface area contributed by atoms with Crippen molar-refractivity contribution in [3.63, 3.8) is 0 Å². The summed E-state index contributed by atoms with van der Waals surface area (Å²) in [5.74, 6) is 3.94. The van der Waals surface area contributed by atoms with Gasteiger partial charge in [-0.05, 0) is 67.6 Å². The lowest BCUT2D eigenvalue weighted by atomic mass is 10.0. The molecular weight excluding hydrogens is 440 g/mol. The minimum atomic E-state index is -0.105. The fourth-order valence-corrected chi connectivity index (χ4v) is 7.14. The fraction of sp³-hybridized carbons (Fsp3) is 0.480. The predicted molar refractivity (Wildman–Crippen MR) is 134 cm³/mol. The summed E-state index contributed by atoms with van der Waals surface area (Å²) >= 11 is 4.01. The van der Waals surface area contributed by atoms with Crippen molar-refractivity contribution < 1.29 is 14.3 Å². The Labute approximate surface area is 199 Å². The van der Waals surface area contributed by atoms with Gasteiger partial charge in [0.15, 0.2) is 6.61 Å². The number of hydrogen-bond acceptors (Lipinski definition) is 6. The molecule has 7 heteroatoms. The minimum absolute atomic E-state index is 0.0188. The van der Waals surface area contributed by atoms with Crippen LogP contribution in [0, 0.1) is 0 Å². The first-order valence-corrected chi connectivity index (χ1v) is 13.4. The summed E-state index contributed by atoms with van der Waals surface area (Å²) in [4.78, 5) is 15.0. The lowest BCUT2D eigenvalue weighted by Crippen LogP contribution is -2.38. The van der Waals surface area contributed by atoms with Gasteiger partial charge in [0.2, 0.25) is 0 Å². The summed E-state index contributed by atoms with van der Waals surface area (Å²) in [5.41, 5.74) is 2.44. The van der Waals surface area contributed by atoms with E-state index in [1.165, 1.54) is 36.3 Å². The van der Waals surface area contributed by atoms with Gasteiger partial charge in [-0.3, -0.25) is 9.69 Å². The van der Waals surface area contributed by atoms with E-state index in [1.807, 2.05) is 53.9 Å². The lowest BCUT2D eigenvalue weighted by Gasteiger charge is -2.29. The van der Waals surface area contributed by atoms with Gasteiger partial charge < -0.3 is 14.8 Å². The van der Waals surface area contributed by atoms with Gasteiger partial charge in [-0.15, -0.1) is 23.5 Å². The summed E-state index contributed by atoms with van der Waals surface area (Å²) in [6, 6.07) is 16.4. The van der Waals surface area contributed by atoms with Gasteiger partial charge in [-0.1, -0.05) is 30.3 Å². The molecular formula is C25H32N2O3S2. The molecule has 2 aliphatic heterocycles. The second kappa shape index (κ2) is 11.9. The monoisotopic (exact) mass is 472 g/mol. The molecule has 1 atom stereocenters. The summed E-state index contributed by atoms with van der Waals surface area (Å²) in [6.07, 6.45) is 3.67. The molecule has 0 aromatic heterocycles. The summed E-state index contributed by atoms with van der Waals surface area (Å²) in [5, 5.41) is 3.07. The minimum Gasteiger partial charge on any atom is -0.496 e. The van der Waals surface area contributed by atoms with Crippen molar-refractivity contribution in [1.82, 2.24) is 10.2 Å². The molecule has 2 saturated heterocycles. The highest BCUT2D eigenvalue weighted by Gasteiger charge is 2.26. The van der Waals surface area contributed by atoms with Crippen LogP contribution in [0.15, 0.2) is 48.5 Å². The zero-order valence-electron chi connectivity index (χ0n) is 18.6. The number of para-hydroxylation sites is 1. The molecule has 0 unspecified atom stereocenters. The molecule has 2 aromatic carbocycles. The maximum Gasteiger partial charge on any atom is 0.258 e. The zero-order chi connectivity index (χ0) is 22.2. The Morgan fingerprint density at radius 2 is 1.78 bits per heavy atom. The normalized spacial score (nSPS) is 18.3. The number of hydrogen-bond donors (Lipinski definition) is 1. The van der Waals surface area contributed by atoms with E-state index in [-0.39, 0.29) is 18.6 Å². The van der Waals surface area contributed by atoms with Crippen LogP contribution in [-0.2, 0) is 4.79 Å². The van der Waals surface area contributed by atoms with Gasteiger partial charge in [0.1, 0.15) is 11.5 Å². The van der Waals surface area contributed by atoms with Gasteiger partial charge in [-0.2, -0.15) is 0 Å². The molecule has 5 nitrogen and oxygen atoms in total. The van der Waals surface area contributed by atoms with Crippen LogP contribution < -0.4 is 14.8 Å². The molecule has 0 saturated carbocycles. The molecule has 2 aromatic rings. The Morgan fingerprint density at radius 3 is 2.50 bits per heavy atom. The van der Waals surface area contributed by atoms with E-state index in [0.29, 0.717) is 11.1 Å². The van der Waals surface area contributed by atoms with Gasteiger partial charge in [0, 0.05) is 12.1 Å².